The second-order valence-electron chi connectivity index (χ2n) is 9.15. The van der Waals surface area contributed by atoms with Crippen LogP contribution in [-0.2, 0) is 19.0 Å². The largest absolute Gasteiger partial charge is 0.461 e. The molecule has 202 valence electrons. The van der Waals surface area contributed by atoms with Crippen molar-refractivity contribution in [2.75, 3.05) is 38.8 Å². The quantitative estimate of drug-likeness (QED) is 0.152. The van der Waals surface area contributed by atoms with Gasteiger partial charge in [0.25, 0.3) is 0 Å². The summed E-state index contributed by atoms with van der Waals surface area (Å²) in [7, 11) is 3.36. The number of benzene rings is 1. The average Bonchev–Trinajstić information content (AvgIpc) is 3.30. The molecule has 0 bridgehead atoms. The van der Waals surface area contributed by atoms with E-state index in [2.05, 4.69) is 5.32 Å². The van der Waals surface area contributed by atoms with Crippen LogP contribution in [0.15, 0.2) is 24.3 Å². The molecule has 12 heteroatoms. The fraction of sp³-hybridized carbons (Fsp3) is 0.667. The molecule has 2 aliphatic heterocycles. The van der Waals surface area contributed by atoms with E-state index in [1.165, 1.54) is 7.11 Å². The average molecular weight is 528 g/mol. The van der Waals surface area contributed by atoms with Crippen LogP contribution in [0.5, 0.6) is 0 Å². The van der Waals surface area contributed by atoms with Crippen LogP contribution < -0.4 is 11.1 Å². The first-order chi connectivity index (χ1) is 17.1. The Balaban J connectivity index is 1.62. The molecule has 0 radical (unpaired) electrons. The highest BCUT2D eigenvalue weighted by atomic mass is 32.2. The van der Waals surface area contributed by atoms with E-state index in [0.717, 1.165) is 31.1 Å². The summed E-state index contributed by atoms with van der Waals surface area (Å²) in [6.07, 6.45) is -4.32. The number of amides is 1. The lowest BCUT2D eigenvalue weighted by Gasteiger charge is -2.44. The summed E-state index contributed by atoms with van der Waals surface area (Å²) in [5.41, 5.74) is 5.43. The Morgan fingerprint density at radius 2 is 1.97 bits per heavy atom. The minimum absolute atomic E-state index is 0.0103. The number of thioether (sulfide) groups is 1. The van der Waals surface area contributed by atoms with E-state index in [0.29, 0.717) is 5.69 Å². The van der Waals surface area contributed by atoms with E-state index in [9.17, 15) is 24.9 Å². The van der Waals surface area contributed by atoms with E-state index in [-0.39, 0.29) is 29.9 Å². The highest BCUT2D eigenvalue weighted by molar-refractivity contribution is 7.99. The van der Waals surface area contributed by atoms with Gasteiger partial charge in [0.2, 0.25) is 5.91 Å². The van der Waals surface area contributed by atoms with Crippen molar-refractivity contribution in [3.05, 3.63) is 29.8 Å². The lowest BCUT2D eigenvalue weighted by molar-refractivity contribution is -0.212. The van der Waals surface area contributed by atoms with E-state index in [4.69, 9.17) is 19.9 Å². The topological polar surface area (TPSA) is 164 Å². The van der Waals surface area contributed by atoms with Crippen LogP contribution in [0.1, 0.15) is 30.1 Å². The molecule has 36 heavy (non-hydrogen) atoms. The molecular weight excluding hydrogens is 490 g/mol. The molecule has 2 fully saturated rings. The first-order valence-electron chi connectivity index (χ1n) is 12.0. The summed E-state index contributed by atoms with van der Waals surface area (Å²) in [4.78, 5) is 27.2. The number of carbonyl (C=O) groups is 2. The molecule has 0 unspecified atom stereocenters. The van der Waals surface area contributed by atoms with Gasteiger partial charge in [0.15, 0.2) is 0 Å². The Hall–Kier alpha value is -1.93. The van der Waals surface area contributed by atoms with Gasteiger partial charge >= 0.3 is 5.97 Å². The number of nitrogen functional groups attached to an aromatic ring is 1. The summed E-state index contributed by atoms with van der Waals surface area (Å²) in [5, 5.41) is 34.7. The summed E-state index contributed by atoms with van der Waals surface area (Å²) in [5.74, 6) is -0.531. The third-order valence-corrected chi connectivity index (χ3v) is 7.87. The fourth-order valence-electron chi connectivity index (χ4n) is 4.48. The Bertz CT molecular complexity index is 893. The van der Waals surface area contributed by atoms with Gasteiger partial charge < -0.3 is 40.6 Å². The third kappa shape index (κ3) is 6.68. The van der Waals surface area contributed by atoms with Crippen LogP contribution in [0.25, 0.3) is 0 Å². The van der Waals surface area contributed by atoms with Crippen LogP contribution in [0, 0.1) is 0 Å². The van der Waals surface area contributed by atoms with Crippen LogP contribution in [0.2, 0.25) is 0 Å². The zero-order valence-corrected chi connectivity index (χ0v) is 21.6. The standard InChI is InChI=1S/C24H37N3O8S/c1-13(33-3)17(26-22(31)16-9-6-10-27(16)2)21-19(29)18(28)20(30)24(35-21)36-12-11-34-23(32)14-7-4-5-8-15(14)25/h4-5,7-8,13,16-21,24,28-30H,6,9-12,25H2,1-3H3,(H,26,31)/t13-,16-,17-,18+,19-,20-,21-,24-/m1/s1. The highest BCUT2D eigenvalue weighted by Crippen LogP contribution is 2.31. The predicted molar refractivity (Wildman–Crippen MR) is 134 cm³/mol. The SMILES string of the molecule is CO[C@H](C)[C@@H](NC(=O)[C@H]1CCCN1C)[C@H]1O[C@H](SCCOC(=O)c2ccccc2N)[C@H](O)[C@@H](O)[C@H]1O. The van der Waals surface area contributed by atoms with Gasteiger partial charge in [0.1, 0.15) is 36.5 Å². The molecule has 0 aromatic heterocycles. The summed E-state index contributed by atoms with van der Waals surface area (Å²) < 4.78 is 16.7. The summed E-state index contributed by atoms with van der Waals surface area (Å²) in [6, 6.07) is 5.48. The number of likely N-dealkylation sites (tertiary alicyclic amines) is 1. The van der Waals surface area contributed by atoms with Crippen LogP contribution in [0.4, 0.5) is 5.69 Å². The van der Waals surface area contributed by atoms with Gasteiger partial charge in [0, 0.05) is 18.6 Å². The number of nitrogens with two attached hydrogens (primary N) is 1. The Morgan fingerprint density at radius 1 is 1.25 bits per heavy atom. The maximum absolute atomic E-state index is 13.0. The van der Waals surface area contributed by atoms with Crippen molar-refractivity contribution in [3.63, 3.8) is 0 Å². The maximum Gasteiger partial charge on any atom is 0.340 e. The zero-order valence-electron chi connectivity index (χ0n) is 20.8. The number of para-hydroxylation sites is 1. The van der Waals surface area contributed by atoms with Crippen LogP contribution in [-0.4, -0.2) is 113 Å². The number of methoxy groups -OCH3 is 1. The van der Waals surface area contributed by atoms with Crippen molar-refractivity contribution in [2.24, 2.45) is 0 Å². The van der Waals surface area contributed by atoms with Crippen molar-refractivity contribution in [1.82, 2.24) is 10.2 Å². The number of aliphatic hydroxyl groups is 3. The molecule has 2 aliphatic rings. The van der Waals surface area contributed by atoms with Gasteiger partial charge in [0.05, 0.1) is 23.8 Å². The molecule has 0 aliphatic carbocycles. The van der Waals surface area contributed by atoms with Crippen molar-refractivity contribution in [2.45, 2.75) is 67.8 Å². The number of hydrogen-bond donors (Lipinski definition) is 5. The summed E-state index contributed by atoms with van der Waals surface area (Å²) >= 11 is 1.12. The maximum atomic E-state index is 13.0. The van der Waals surface area contributed by atoms with Crippen molar-refractivity contribution >= 4 is 29.3 Å². The first kappa shape index (κ1) is 28.6. The van der Waals surface area contributed by atoms with E-state index in [1.807, 2.05) is 11.9 Å². The van der Waals surface area contributed by atoms with Crippen LogP contribution in [0.3, 0.4) is 0 Å². The van der Waals surface area contributed by atoms with Gasteiger partial charge in [-0.3, -0.25) is 9.69 Å². The van der Waals surface area contributed by atoms with Crippen molar-refractivity contribution in [3.8, 4) is 0 Å². The second kappa shape index (κ2) is 13.0. The van der Waals surface area contributed by atoms with Crippen LogP contribution >= 0.6 is 11.8 Å². The smallest absolute Gasteiger partial charge is 0.340 e. The van der Waals surface area contributed by atoms with E-state index in [1.54, 1.807) is 31.2 Å². The number of aliphatic hydroxyl groups excluding tert-OH is 3. The first-order valence-corrected chi connectivity index (χ1v) is 13.1. The number of rotatable bonds is 10. The number of carbonyl (C=O) groups excluding carboxylic acids is 2. The molecule has 1 aromatic carbocycles. The third-order valence-electron chi connectivity index (χ3n) is 6.75. The molecule has 2 saturated heterocycles. The lowest BCUT2D eigenvalue weighted by atomic mass is 9.92. The molecule has 1 amide bonds. The van der Waals surface area contributed by atoms with Gasteiger partial charge in [-0.25, -0.2) is 4.79 Å². The van der Waals surface area contributed by atoms with E-state index >= 15 is 0 Å². The molecule has 2 heterocycles. The molecule has 3 rings (SSSR count). The Morgan fingerprint density at radius 3 is 2.61 bits per heavy atom. The number of anilines is 1. The van der Waals surface area contributed by atoms with Gasteiger partial charge in [-0.15, -0.1) is 11.8 Å². The molecule has 1 aromatic rings. The minimum atomic E-state index is -1.51. The second-order valence-corrected chi connectivity index (χ2v) is 10.4. The van der Waals surface area contributed by atoms with Crippen molar-refractivity contribution < 1.29 is 39.1 Å². The normalized spacial score (nSPS) is 30.5. The molecule has 8 atom stereocenters. The minimum Gasteiger partial charge on any atom is -0.461 e. The van der Waals surface area contributed by atoms with Gasteiger partial charge in [-0.1, -0.05) is 12.1 Å². The number of ether oxygens (including phenoxy) is 3. The molecule has 0 spiro atoms. The fourth-order valence-corrected chi connectivity index (χ4v) is 5.46. The zero-order chi connectivity index (χ0) is 26.4. The predicted octanol–water partition coefficient (Wildman–Crippen LogP) is -0.420. The van der Waals surface area contributed by atoms with E-state index < -0.39 is 48.0 Å². The number of esters is 1. The lowest BCUT2D eigenvalue weighted by Crippen LogP contribution is -2.66. The van der Waals surface area contributed by atoms with Gasteiger partial charge in [-0.2, -0.15) is 0 Å². The van der Waals surface area contributed by atoms with Gasteiger partial charge in [-0.05, 0) is 45.5 Å². The molecular formula is C24H37N3O8S. The monoisotopic (exact) mass is 527 g/mol. The number of nitrogens with zero attached hydrogens (tertiary/aromatic N) is 1. The van der Waals surface area contributed by atoms with Crippen molar-refractivity contribution in [1.29, 1.82) is 0 Å². The molecule has 0 saturated carbocycles. The summed E-state index contributed by atoms with van der Waals surface area (Å²) in [6.45, 7) is 2.56. The Kier molecular flexibility index (Phi) is 10.4. The molecule has 6 N–H and O–H groups in total. The number of likely N-dealkylation sites (N-methyl/N-ethyl adjacent to an activating group) is 1. The Labute approximate surface area is 215 Å². The highest BCUT2D eigenvalue weighted by Gasteiger charge is 2.49. The molecule has 11 nitrogen and oxygen atoms in total. The number of hydrogen-bond acceptors (Lipinski definition) is 11. The number of nitrogens with one attached hydrogen (secondary N) is 1.